The van der Waals surface area contributed by atoms with Gasteiger partial charge in [0.25, 0.3) is 0 Å². The standard InChI is InChI=1S/C11H16N4O2/c12-6-8-2-1-3-14-11(8)15-4-5-17-7-9(15)10(13)16/h1-3,9H,4-7,12H2,(H2,13,16). The minimum atomic E-state index is -0.469. The SMILES string of the molecule is NCc1cccnc1N1CCOCC1C(N)=O. The lowest BCUT2D eigenvalue weighted by molar-refractivity contribution is -0.121. The van der Waals surface area contributed by atoms with E-state index in [9.17, 15) is 4.79 Å². The number of hydrogen-bond donors (Lipinski definition) is 2. The fourth-order valence-corrected chi connectivity index (χ4v) is 1.94. The van der Waals surface area contributed by atoms with E-state index < -0.39 is 11.9 Å². The van der Waals surface area contributed by atoms with Gasteiger partial charge in [0.05, 0.1) is 13.2 Å². The molecule has 2 heterocycles. The Morgan fingerprint density at radius 3 is 3.18 bits per heavy atom. The molecule has 17 heavy (non-hydrogen) atoms. The molecule has 0 aliphatic carbocycles. The Morgan fingerprint density at radius 2 is 2.47 bits per heavy atom. The van der Waals surface area contributed by atoms with Crippen LogP contribution in [0.3, 0.4) is 0 Å². The van der Waals surface area contributed by atoms with Crippen molar-refractivity contribution >= 4 is 11.7 Å². The number of nitrogens with zero attached hydrogens (tertiary/aromatic N) is 2. The number of pyridine rings is 1. The predicted molar refractivity (Wildman–Crippen MR) is 63.3 cm³/mol. The Morgan fingerprint density at radius 1 is 1.65 bits per heavy atom. The van der Waals surface area contributed by atoms with Crippen molar-refractivity contribution in [1.29, 1.82) is 0 Å². The third kappa shape index (κ3) is 2.37. The van der Waals surface area contributed by atoms with Crippen LogP contribution in [0.4, 0.5) is 5.82 Å². The minimum Gasteiger partial charge on any atom is -0.377 e. The number of hydrogen-bond acceptors (Lipinski definition) is 5. The quantitative estimate of drug-likeness (QED) is 0.718. The van der Waals surface area contributed by atoms with E-state index in [1.807, 2.05) is 17.0 Å². The Balaban J connectivity index is 2.32. The smallest absolute Gasteiger partial charge is 0.242 e. The normalized spacial score (nSPS) is 20.3. The molecule has 6 heteroatoms. The molecule has 1 atom stereocenters. The lowest BCUT2D eigenvalue weighted by atomic mass is 10.1. The third-order valence-corrected chi connectivity index (χ3v) is 2.82. The van der Waals surface area contributed by atoms with Crippen molar-refractivity contribution in [1.82, 2.24) is 4.98 Å². The summed E-state index contributed by atoms with van der Waals surface area (Å²) < 4.78 is 5.27. The van der Waals surface area contributed by atoms with Crippen LogP contribution < -0.4 is 16.4 Å². The molecule has 0 saturated carbocycles. The lowest BCUT2D eigenvalue weighted by Gasteiger charge is -2.35. The highest BCUT2D eigenvalue weighted by atomic mass is 16.5. The molecule has 1 fully saturated rings. The van der Waals surface area contributed by atoms with E-state index in [0.717, 1.165) is 11.4 Å². The van der Waals surface area contributed by atoms with E-state index in [-0.39, 0.29) is 0 Å². The monoisotopic (exact) mass is 236 g/mol. The molecule has 0 bridgehead atoms. The highest BCUT2D eigenvalue weighted by Crippen LogP contribution is 2.21. The molecule has 2 rings (SSSR count). The first kappa shape index (κ1) is 11.8. The van der Waals surface area contributed by atoms with E-state index in [1.54, 1.807) is 6.20 Å². The van der Waals surface area contributed by atoms with Gasteiger partial charge in [-0.15, -0.1) is 0 Å². The lowest BCUT2D eigenvalue weighted by Crippen LogP contribution is -2.53. The van der Waals surface area contributed by atoms with Gasteiger partial charge >= 0.3 is 0 Å². The van der Waals surface area contributed by atoms with Crippen LogP contribution in [0, 0.1) is 0 Å². The number of amides is 1. The second kappa shape index (κ2) is 5.11. The van der Waals surface area contributed by atoms with E-state index in [0.29, 0.717) is 26.3 Å². The molecular weight excluding hydrogens is 220 g/mol. The second-order valence-electron chi connectivity index (χ2n) is 3.88. The molecule has 1 saturated heterocycles. The van der Waals surface area contributed by atoms with Gasteiger partial charge in [0.2, 0.25) is 5.91 Å². The number of morpholine rings is 1. The summed E-state index contributed by atoms with van der Waals surface area (Å²) in [7, 11) is 0. The van der Waals surface area contributed by atoms with Crippen molar-refractivity contribution in [2.45, 2.75) is 12.6 Å². The zero-order chi connectivity index (χ0) is 12.3. The maximum absolute atomic E-state index is 11.4. The minimum absolute atomic E-state index is 0.302. The van der Waals surface area contributed by atoms with Crippen molar-refractivity contribution in [3.63, 3.8) is 0 Å². The number of rotatable bonds is 3. The van der Waals surface area contributed by atoms with Gasteiger partial charge in [0.1, 0.15) is 11.9 Å². The Bertz CT molecular complexity index is 410. The molecular formula is C11H16N4O2. The first-order valence-electron chi connectivity index (χ1n) is 5.51. The van der Waals surface area contributed by atoms with Crippen molar-refractivity contribution in [2.24, 2.45) is 11.5 Å². The number of carbonyl (C=O) groups excluding carboxylic acids is 1. The summed E-state index contributed by atoms with van der Waals surface area (Å²) in [5, 5.41) is 0. The predicted octanol–water partition coefficient (Wildman–Crippen LogP) is -0.769. The van der Waals surface area contributed by atoms with Crippen LogP contribution in [0.1, 0.15) is 5.56 Å². The first-order valence-corrected chi connectivity index (χ1v) is 5.51. The Labute approximate surface area is 99.5 Å². The first-order chi connectivity index (χ1) is 8.24. The molecule has 1 amide bonds. The average molecular weight is 236 g/mol. The van der Waals surface area contributed by atoms with Crippen LogP contribution in [0.25, 0.3) is 0 Å². The largest absolute Gasteiger partial charge is 0.377 e. The molecule has 0 radical (unpaired) electrons. The van der Waals surface area contributed by atoms with Gasteiger partial charge in [-0.05, 0) is 6.07 Å². The number of nitrogens with two attached hydrogens (primary N) is 2. The number of ether oxygens (including phenoxy) is 1. The molecule has 0 spiro atoms. The fourth-order valence-electron chi connectivity index (χ4n) is 1.94. The van der Waals surface area contributed by atoms with Crippen LogP contribution >= 0.6 is 0 Å². The van der Waals surface area contributed by atoms with Crippen LogP contribution in [-0.2, 0) is 16.1 Å². The van der Waals surface area contributed by atoms with Crippen LogP contribution in [0.15, 0.2) is 18.3 Å². The molecule has 1 unspecified atom stereocenters. The summed E-state index contributed by atoms with van der Waals surface area (Å²) in [5.74, 6) is 0.320. The van der Waals surface area contributed by atoms with Gasteiger partial charge in [-0.25, -0.2) is 4.98 Å². The number of primary amides is 1. The Kier molecular flexibility index (Phi) is 3.55. The van der Waals surface area contributed by atoms with E-state index >= 15 is 0 Å². The van der Waals surface area contributed by atoms with Crippen LogP contribution in [-0.4, -0.2) is 36.7 Å². The zero-order valence-corrected chi connectivity index (χ0v) is 9.50. The molecule has 1 aromatic rings. The molecule has 1 aromatic heterocycles. The zero-order valence-electron chi connectivity index (χ0n) is 9.50. The van der Waals surface area contributed by atoms with Gasteiger partial charge in [-0.1, -0.05) is 6.07 Å². The third-order valence-electron chi connectivity index (χ3n) is 2.82. The summed E-state index contributed by atoms with van der Waals surface area (Å²) >= 11 is 0. The number of anilines is 1. The van der Waals surface area contributed by atoms with Crippen LogP contribution in [0.5, 0.6) is 0 Å². The van der Waals surface area contributed by atoms with Gasteiger partial charge in [-0.2, -0.15) is 0 Å². The summed E-state index contributed by atoms with van der Waals surface area (Å²) in [6.45, 7) is 1.84. The van der Waals surface area contributed by atoms with Crippen molar-refractivity contribution in [3.05, 3.63) is 23.9 Å². The van der Waals surface area contributed by atoms with Gasteiger partial charge in [0.15, 0.2) is 0 Å². The van der Waals surface area contributed by atoms with E-state index in [1.165, 1.54) is 0 Å². The molecule has 1 aliphatic rings. The second-order valence-corrected chi connectivity index (χ2v) is 3.88. The van der Waals surface area contributed by atoms with E-state index in [2.05, 4.69) is 4.98 Å². The maximum atomic E-state index is 11.4. The molecule has 4 N–H and O–H groups in total. The number of carbonyl (C=O) groups is 1. The van der Waals surface area contributed by atoms with Crippen molar-refractivity contribution < 1.29 is 9.53 Å². The molecule has 0 aromatic carbocycles. The fraction of sp³-hybridized carbons (Fsp3) is 0.455. The Hall–Kier alpha value is -1.66. The van der Waals surface area contributed by atoms with Gasteiger partial charge in [0, 0.05) is 24.8 Å². The van der Waals surface area contributed by atoms with Crippen molar-refractivity contribution in [3.8, 4) is 0 Å². The highest BCUT2D eigenvalue weighted by Gasteiger charge is 2.29. The summed E-state index contributed by atoms with van der Waals surface area (Å²) in [6, 6.07) is 3.25. The van der Waals surface area contributed by atoms with Crippen LogP contribution in [0.2, 0.25) is 0 Å². The summed E-state index contributed by atoms with van der Waals surface area (Å²) in [4.78, 5) is 17.5. The summed E-state index contributed by atoms with van der Waals surface area (Å²) in [5.41, 5.74) is 11.9. The maximum Gasteiger partial charge on any atom is 0.242 e. The average Bonchev–Trinajstić information content (AvgIpc) is 2.38. The summed E-state index contributed by atoms with van der Waals surface area (Å²) in [6.07, 6.45) is 1.68. The number of aromatic nitrogens is 1. The van der Waals surface area contributed by atoms with Crippen molar-refractivity contribution in [2.75, 3.05) is 24.7 Å². The molecule has 6 nitrogen and oxygen atoms in total. The van der Waals surface area contributed by atoms with E-state index in [4.69, 9.17) is 16.2 Å². The highest BCUT2D eigenvalue weighted by molar-refractivity contribution is 5.84. The van der Waals surface area contributed by atoms with Gasteiger partial charge < -0.3 is 21.1 Å². The molecule has 1 aliphatic heterocycles. The van der Waals surface area contributed by atoms with Gasteiger partial charge in [-0.3, -0.25) is 4.79 Å². The topological polar surface area (TPSA) is 94.5 Å². The molecule has 92 valence electrons.